The Bertz CT molecular complexity index is 3820. The highest BCUT2D eigenvalue weighted by Gasteiger charge is 2.36. The molecule has 306 valence electrons. The van der Waals surface area contributed by atoms with Gasteiger partial charge in [0, 0.05) is 61.2 Å². The Morgan fingerprint density at radius 3 is 1.85 bits per heavy atom. The molecule has 3 nitrogen and oxygen atoms in total. The largest absolute Gasteiger partial charge is 0.310 e. The molecular weight excluding hydrogens is 787 g/mol. The van der Waals surface area contributed by atoms with Crippen molar-refractivity contribution < 1.29 is 0 Å². The van der Waals surface area contributed by atoms with Crippen molar-refractivity contribution in [2.24, 2.45) is 0 Å². The molecule has 0 radical (unpaired) electrons. The van der Waals surface area contributed by atoms with Crippen molar-refractivity contribution >= 4 is 88.1 Å². The number of para-hydroxylation sites is 2. The molecule has 0 aliphatic heterocycles. The highest BCUT2D eigenvalue weighted by atomic mass is 15.2. The normalized spacial score (nSPS) is 12.9. The van der Waals surface area contributed by atoms with Gasteiger partial charge in [-0.1, -0.05) is 172 Å². The molecule has 0 atom stereocenters. The van der Waals surface area contributed by atoms with Gasteiger partial charge in [-0.2, -0.15) is 0 Å². The van der Waals surface area contributed by atoms with Crippen molar-refractivity contribution in [3.63, 3.8) is 0 Å². The molecule has 0 unspecified atom stereocenters. The van der Waals surface area contributed by atoms with Gasteiger partial charge >= 0.3 is 0 Å². The fourth-order valence-electron chi connectivity index (χ4n) is 11.0. The van der Waals surface area contributed by atoms with Crippen molar-refractivity contribution in [1.82, 2.24) is 4.98 Å². The van der Waals surface area contributed by atoms with Gasteiger partial charge in [-0.05, 0) is 110 Å². The first-order valence-electron chi connectivity index (χ1n) is 22.5. The van der Waals surface area contributed by atoms with E-state index in [4.69, 9.17) is 4.98 Å². The molecule has 1 aromatic heterocycles. The monoisotopic (exact) mass is 829 g/mol. The number of hydrogen-bond donors (Lipinski definition) is 0. The van der Waals surface area contributed by atoms with E-state index in [1.54, 1.807) is 0 Å². The Labute approximate surface area is 378 Å². The maximum absolute atomic E-state index is 4.78. The molecule has 1 heterocycles. The molecule has 0 spiro atoms. The van der Waals surface area contributed by atoms with E-state index >= 15 is 0 Å². The van der Waals surface area contributed by atoms with Crippen LogP contribution in [-0.2, 0) is 5.41 Å². The van der Waals surface area contributed by atoms with Gasteiger partial charge < -0.3 is 9.80 Å². The summed E-state index contributed by atoms with van der Waals surface area (Å²) < 4.78 is 0. The van der Waals surface area contributed by atoms with Gasteiger partial charge in [0.15, 0.2) is 0 Å². The zero-order valence-electron chi connectivity index (χ0n) is 36.2. The zero-order chi connectivity index (χ0) is 43.2. The second-order valence-corrected chi connectivity index (χ2v) is 17.9. The summed E-state index contributed by atoms with van der Waals surface area (Å²) in [7, 11) is 0. The number of anilines is 6. The van der Waals surface area contributed by atoms with E-state index in [9.17, 15) is 0 Å². The van der Waals surface area contributed by atoms with Crippen LogP contribution >= 0.6 is 0 Å². The highest BCUT2D eigenvalue weighted by Crippen LogP contribution is 2.54. The zero-order valence-corrected chi connectivity index (χ0v) is 36.2. The van der Waals surface area contributed by atoms with Crippen LogP contribution in [0.2, 0.25) is 0 Å². The van der Waals surface area contributed by atoms with Crippen LogP contribution in [0.3, 0.4) is 0 Å². The summed E-state index contributed by atoms with van der Waals surface area (Å²) in [6, 6.07) is 80.4. The van der Waals surface area contributed by atoms with Crippen LogP contribution in [0, 0.1) is 0 Å². The van der Waals surface area contributed by atoms with Crippen LogP contribution in [0.1, 0.15) is 25.0 Å². The third-order valence-electron chi connectivity index (χ3n) is 14.0. The number of hydrogen-bond acceptors (Lipinski definition) is 3. The number of rotatable bonds is 7. The Hall–Kier alpha value is -8.27. The van der Waals surface area contributed by atoms with Gasteiger partial charge in [-0.25, -0.2) is 0 Å². The van der Waals surface area contributed by atoms with Crippen molar-refractivity contribution in [2.75, 3.05) is 9.80 Å². The van der Waals surface area contributed by atoms with Crippen LogP contribution in [0.25, 0.3) is 76.2 Å². The van der Waals surface area contributed by atoms with Crippen molar-refractivity contribution in [3.05, 3.63) is 236 Å². The van der Waals surface area contributed by atoms with Gasteiger partial charge in [0.1, 0.15) is 0 Å². The molecule has 1 aliphatic carbocycles. The first-order chi connectivity index (χ1) is 32.0. The Morgan fingerprint density at radius 1 is 0.354 bits per heavy atom. The summed E-state index contributed by atoms with van der Waals surface area (Å²) in [6.07, 6.45) is 1.88. The van der Waals surface area contributed by atoms with E-state index in [0.29, 0.717) is 0 Å². The SMILES string of the molecule is CC1(C)c2ccccc2-c2ccc(N(c3ccccc3-c3ccccc3)c3ccc4ccc5c(N(c6ccccc6)c6ccc7cccnc7c6)ccc6c7ccccc7c3c4c56)cc21. The second-order valence-electron chi connectivity index (χ2n) is 17.9. The number of nitrogens with zero attached hydrogens (tertiary/aromatic N) is 3. The van der Waals surface area contributed by atoms with Crippen LogP contribution < -0.4 is 9.80 Å². The molecule has 65 heavy (non-hydrogen) atoms. The number of benzene rings is 11. The van der Waals surface area contributed by atoms with Gasteiger partial charge in [-0.3, -0.25) is 4.98 Å². The number of aromatic nitrogens is 1. The van der Waals surface area contributed by atoms with Crippen molar-refractivity contribution in [2.45, 2.75) is 19.3 Å². The molecule has 0 amide bonds. The van der Waals surface area contributed by atoms with Crippen molar-refractivity contribution in [3.8, 4) is 22.3 Å². The maximum Gasteiger partial charge on any atom is 0.0722 e. The second kappa shape index (κ2) is 14.4. The molecule has 0 fully saturated rings. The number of fused-ring (bicyclic) bond motifs is 7. The summed E-state index contributed by atoms with van der Waals surface area (Å²) in [5, 5.41) is 11.0. The van der Waals surface area contributed by atoms with Gasteiger partial charge in [0.05, 0.1) is 22.6 Å². The van der Waals surface area contributed by atoms with Crippen LogP contribution in [0.15, 0.2) is 225 Å². The highest BCUT2D eigenvalue weighted by molar-refractivity contribution is 6.37. The molecule has 13 rings (SSSR count). The van der Waals surface area contributed by atoms with E-state index in [2.05, 4.69) is 236 Å². The molecule has 0 N–H and O–H groups in total. The molecule has 11 aromatic carbocycles. The first-order valence-corrected chi connectivity index (χ1v) is 22.5. The minimum absolute atomic E-state index is 0.163. The average Bonchev–Trinajstić information content (AvgIpc) is 3.59. The lowest BCUT2D eigenvalue weighted by molar-refractivity contribution is 0.660. The fraction of sp³-hybridized carbons (Fsp3) is 0.0484. The molecule has 0 bridgehead atoms. The quantitative estimate of drug-likeness (QED) is 0.118. The predicted octanol–water partition coefficient (Wildman–Crippen LogP) is 17.2. The standard InChI is InChI=1S/C62H43N3/c1-62(2)53-25-13-11-23-48(53)49-33-31-44(38-54(49)62)65(56-26-14-12-21-46(56)40-16-5-3-6-17-40)58-35-29-42-28-32-52-57(36-34-51-47-22-9-10-24-50(47)61(58)59(42)60(51)52)64(43-19-7-4-8-20-43)45-30-27-41-18-15-37-63-55(41)39-45/h3-39H,1-2H3. The minimum Gasteiger partial charge on any atom is -0.310 e. The topological polar surface area (TPSA) is 19.4 Å². The van der Waals surface area contributed by atoms with E-state index in [0.717, 1.165) is 45.0 Å². The predicted molar refractivity (Wildman–Crippen MR) is 275 cm³/mol. The third-order valence-corrected chi connectivity index (χ3v) is 14.0. The average molecular weight is 830 g/mol. The van der Waals surface area contributed by atoms with Gasteiger partial charge in [-0.15, -0.1) is 0 Å². The molecular formula is C62H43N3. The van der Waals surface area contributed by atoms with E-state index in [1.807, 2.05) is 12.3 Å². The first kappa shape index (κ1) is 37.3. The minimum atomic E-state index is -0.163. The summed E-state index contributed by atoms with van der Waals surface area (Å²) >= 11 is 0. The molecule has 1 aliphatic rings. The molecule has 12 aromatic rings. The lowest BCUT2D eigenvalue weighted by Crippen LogP contribution is -2.17. The fourth-order valence-corrected chi connectivity index (χ4v) is 11.0. The molecule has 0 saturated carbocycles. The summed E-state index contributed by atoms with van der Waals surface area (Å²) in [5.41, 5.74) is 15.2. The van der Waals surface area contributed by atoms with Gasteiger partial charge in [0.2, 0.25) is 0 Å². The van der Waals surface area contributed by atoms with Crippen LogP contribution in [0.4, 0.5) is 34.1 Å². The van der Waals surface area contributed by atoms with Crippen LogP contribution in [-0.4, -0.2) is 4.98 Å². The summed E-state index contributed by atoms with van der Waals surface area (Å²) in [4.78, 5) is 9.72. The lowest BCUT2D eigenvalue weighted by Gasteiger charge is -2.32. The third kappa shape index (κ3) is 5.65. The molecule has 0 saturated heterocycles. The number of pyridine rings is 1. The maximum atomic E-state index is 4.78. The summed E-state index contributed by atoms with van der Waals surface area (Å²) in [5.74, 6) is 0. The van der Waals surface area contributed by atoms with E-state index < -0.39 is 0 Å². The van der Waals surface area contributed by atoms with E-state index in [-0.39, 0.29) is 5.41 Å². The van der Waals surface area contributed by atoms with Crippen LogP contribution in [0.5, 0.6) is 0 Å². The lowest BCUT2D eigenvalue weighted by atomic mass is 9.82. The molecule has 3 heteroatoms. The Kier molecular flexibility index (Phi) is 8.25. The smallest absolute Gasteiger partial charge is 0.0722 e. The van der Waals surface area contributed by atoms with Crippen molar-refractivity contribution in [1.29, 1.82) is 0 Å². The van der Waals surface area contributed by atoms with E-state index in [1.165, 1.54) is 76.5 Å². The summed E-state index contributed by atoms with van der Waals surface area (Å²) in [6.45, 7) is 4.75. The Morgan fingerprint density at radius 2 is 0.985 bits per heavy atom. The Balaban J connectivity index is 1.12. The van der Waals surface area contributed by atoms with Gasteiger partial charge in [0.25, 0.3) is 0 Å².